The first kappa shape index (κ1) is 11.7. The summed E-state index contributed by atoms with van der Waals surface area (Å²) in [6.45, 7) is 2.19. The summed E-state index contributed by atoms with van der Waals surface area (Å²) in [5.74, 6) is -0.497. The van der Waals surface area contributed by atoms with Crippen LogP contribution < -0.4 is 0 Å². The predicted octanol–water partition coefficient (Wildman–Crippen LogP) is 1.51. The fourth-order valence-electron chi connectivity index (χ4n) is 1.38. The van der Waals surface area contributed by atoms with E-state index in [0.717, 1.165) is 4.88 Å². The Bertz CT molecular complexity index is 494. The summed E-state index contributed by atoms with van der Waals surface area (Å²) in [6.07, 6.45) is 0.513. The molecular formula is C10H12N4O2S. The number of aromatic nitrogens is 4. The van der Waals surface area contributed by atoms with Gasteiger partial charge in [-0.2, -0.15) is 0 Å². The van der Waals surface area contributed by atoms with E-state index in [-0.39, 0.29) is 0 Å². The Balaban J connectivity index is 2.08. The first-order valence-electron chi connectivity index (χ1n) is 5.21. The van der Waals surface area contributed by atoms with Gasteiger partial charge in [0, 0.05) is 6.54 Å². The van der Waals surface area contributed by atoms with Crippen LogP contribution in [-0.2, 0) is 11.3 Å². The lowest BCUT2D eigenvalue weighted by Crippen LogP contribution is -2.13. The molecule has 2 aromatic rings. The topological polar surface area (TPSA) is 80.9 Å². The highest BCUT2D eigenvalue weighted by atomic mass is 32.1. The molecule has 1 atom stereocenters. The molecule has 2 heterocycles. The highest BCUT2D eigenvalue weighted by Crippen LogP contribution is 2.21. The number of hydrogen-bond donors (Lipinski definition) is 1. The van der Waals surface area contributed by atoms with Crippen molar-refractivity contribution < 1.29 is 9.90 Å². The van der Waals surface area contributed by atoms with Crippen molar-refractivity contribution in [2.75, 3.05) is 0 Å². The zero-order valence-corrected chi connectivity index (χ0v) is 10.1. The molecule has 2 aromatic heterocycles. The van der Waals surface area contributed by atoms with Gasteiger partial charge in [-0.25, -0.2) is 4.68 Å². The van der Waals surface area contributed by atoms with Gasteiger partial charge in [0.05, 0.1) is 10.8 Å². The Morgan fingerprint density at radius 1 is 1.65 bits per heavy atom. The maximum Gasteiger partial charge on any atom is 0.306 e. The molecule has 1 unspecified atom stereocenters. The number of nitrogens with zero attached hydrogens (tertiary/aromatic N) is 4. The second-order valence-electron chi connectivity index (χ2n) is 3.73. The monoisotopic (exact) mass is 252 g/mol. The standard InChI is InChI=1S/C10H12N4O2S/c1-7(10(15)16)4-5-14-9(11-12-13-14)8-3-2-6-17-8/h2-3,6-7H,4-5H2,1H3,(H,15,16). The van der Waals surface area contributed by atoms with Gasteiger partial charge in [0.25, 0.3) is 0 Å². The second kappa shape index (κ2) is 5.05. The van der Waals surface area contributed by atoms with E-state index in [9.17, 15) is 4.79 Å². The van der Waals surface area contributed by atoms with Crippen molar-refractivity contribution in [1.82, 2.24) is 20.2 Å². The summed E-state index contributed by atoms with van der Waals surface area (Å²) in [7, 11) is 0. The summed E-state index contributed by atoms with van der Waals surface area (Å²) in [5, 5.41) is 22.2. The predicted molar refractivity (Wildman–Crippen MR) is 62.5 cm³/mol. The third-order valence-corrected chi connectivity index (χ3v) is 3.33. The van der Waals surface area contributed by atoms with Crippen molar-refractivity contribution in [3.63, 3.8) is 0 Å². The molecule has 0 aromatic carbocycles. The average molecular weight is 252 g/mol. The molecule has 0 spiro atoms. The van der Waals surface area contributed by atoms with Crippen molar-refractivity contribution in [2.24, 2.45) is 5.92 Å². The van der Waals surface area contributed by atoms with E-state index in [1.54, 1.807) is 22.9 Å². The molecular weight excluding hydrogens is 240 g/mol. The molecule has 0 aliphatic carbocycles. The zero-order chi connectivity index (χ0) is 12.3. The molecule has 6 nitrogen and oxygen atoms in total. The Morgan fingerprint density at radius 2 is 2.47 bits per heavy atom. The highest BCUT2D eigenvalue weighted by Gasteiger charge is 2.14. The number of carboxylic acid groups (broad SMARTS) is 1. The fourth-order valence-corrected chi connectivity index (χ4v) is 2.09. The van der Waals surface area contributed by atoms with Gasteiger partial charge in [-0.15, -0.1) is 16.4 Å². The van der Waals surface area contributed by atoms with Crippen LogP contribution in [0.15, 0.2) is 17.5 Å². The van der Waals surface area contributed by atoms with Crippen LogP contribution in [0.2, 0.25) is 0 Å². The fraction of sp³-hybridized carbons (Fsp3) is 0.400. The molecule has 0 saturated carbocycles. The first-order valence-corrected chi connectivity index (χ1v) is 6.09. The first-order chi connectivity index (χ1) is 8.18. The van der Waals surface area contributed by atoms with Crippen LogP contribution in [0.3, 0.4) is 0 Å². The molecule has 0 fully saturated rings. The lowest BCUT2D eigenvalue weighted by atomic mass is 10.1. The average Bonchev–Trinajstić information content (AvgIpc) is 2.95. The van der Waals surface area contributed by atoms with Gasteiger partial charge >= 0.3 is 5.97 Å². The SMILES string of the molecule is CC(CCn1nnnc1-c1cccs1)C(=O)O. The van der Waals surface area contributed by atoms with Gasteiger partial charge < -0.3 is 5.11 Å². The van der Waals surface area contributed by atoms with Gasteiger partial charge in [0.2, 0.25) is 0 Å². The molecule has 7 heteroatoms. The molecule has 0 saturated heterocycles. The smallest absolute Gasteiger partial charge is 0.306 e. The lowest BCUT2D eigenvalue weighted by Gasteiger charge is -2.06. The van der Waals surface area contributed by atoms with Crippen LogP contribution in [0.25, 0.3) is 10.7 Å². The molecule has 1 N–H and O–H groups in total. The minimum atomic E-state index is -0.796. The summed E-state index contributed by atoms with van der Waals surface area (Å²) in [5.41, 5.74) is 0. The molecule has 0 aliphatic rings. The van der Waals surface area contributed by atoms with E-state index in [4.69, 9.17) is 5.11 Å². The van der Waals surface area contributed by atoms with Crippen LogP contribution in [0, 0.1) is 5.92 Å². The van der Waals surface area contributed by atoms with E-state index in [2.05, 4.69) is 15.5 Å². The Kier molecular flexibility index (Phi) is 3.48. The number of aryl methyl sites for hydroxylation is 1. The number of rotatable bonds is 5. The second-order valence-corrected chi connectivity index (χ2v) is 4.68. The number of hydrogen-bond acceptors (Lipinski definition) is 5. The van der Waals surface area contributed by atoms with Crippen LogP contribution in [0.4, 0.5) is 0 Å². The van der Waals surface area contributed by atoms with E-state index in [1.165, 1.54) is 0 Å². The van der Waals surface area contributed by atoms with E-state index in [1.807, 2.05) is 17.5 Å². The quantitative estimate of drug-likeness (QED) is 0.872. The van der Waals surface area contributed by atoms with E-state index >= 15 is 0 Å². The summed E-state index contributed by atoms with van der Waals surface area (Å²) < 4.78 is 1.64. The molecule has 0 bridgehead atoms. The van der Waals surface area contributed by atoms with Crippen molar-refractivity contribution in [3.8, 4) is 10.7 Å². The molecule has 90 valence electrons. The van der Waals surface area contributed by atoms with Gasteiger partial charge in [0.1, 0.15) is 0 Å². The minimum Gasteiger partial charge on any atom is -0.481 e. The summed E-state index contributed by atoms with van der Waals surface area (Å²) in [4.78, 5) is 11.7. The van der Waals surface area contributed by atoms with Crippen molar-refractivity contribution >= 4 is 17.3 Å². The number of thiophene rings is 1. The van der Waals surface area contributed by atoms with Crippen LogP contribution in [-0.4, -0.2) is 31.3 Å². The van der Waals surface area contributed by atoms with Crippen LogP contribution in [0.1, 0.15) is 13.3 Å². The third kappa shape index (κ3) is 2.68. The number of aliphatic carboxylic acids is 1. The largest absolute Gasteiger partial charge is 0.481 e. The number of carbonyl (C=O) groups is 1. The van der Waals surface area contributed by atoms with Crippen molar-refractivity contribution in [3.05, 3.63) is 17.5 Å². The third-order valence-electron chi connectivity index (χ3n) is 2.47. The number of carboxylic acids is 1. The molecule has 0 aliphatic heterocycles. The Morgan fingerprint density at radius 3 is 3.12 bits per heavy atom. The van der Waals surface area contributed by atoms with Crippen molar-refractivity contribution in [2.45, 2.75) is 19.9 Å². The van der Waals surface area contributed by atoms with Crippen molar-refractivity contribution in [1.29, 1.82) is 0 Å². The minimum absolute atomic E-state index is 0.393. The summed E-state index contributed by atoms with van der Waals surface area (Å²) >= 11 is 1.56. The molecule has 17 heavy (non-hydrogen) atoms. The maximum atomic E-state index is 10.7. The molecule has 0 amide bonds. The normalized spacial score (nSPS) is 12.5. The van der Waals surface area contributed by atoms with Crippen LogP contribution in [0.5, 0.6) is 0 Å². The van der Waals surface area contributed by atoms with Gasteiger partial charge in [-0.05, 0) is 28.3 Å². The lowest BCUT2D eigenvalue weighted by molar-refractivity contribution is -0.141. The van der Waals surface area contributed by atoms with Crippen LogP contribution >= 0.6 is 11.3 Å². The number of tetrazole rings is 1. The van der Waals surface area contributed by atoms with E-state index in [0.29, 0.717) is 18.8 Å². The Labute approximate surface area is 102 Å². The summed E-state index contributed by atoms with van der Waals surface area (Å²) in [6, 6.07) is 3.87. The van der Waals surface area contributed by atoms with E-state index < -0.39 is 11.9 Å². The molecule has 2 rings (SSSR count). The van der Waals surface area contributed by atoms with Gasteiger partial charge in [0.15, 0.2) is 5.82 Å². The zero-order valence-electron chi connectivity index (χ0n) is 9.28. The Hall–Kier alpha value is -1.76. The van der Waals surface area contributed by atoms with Gasteiger partial charge in [-0.1, -0.05) is 13.0 Å². The maximum absolute atomic E-state index is 10.7. The van der Waals surface area contributed by atoms with Gasteiger partial charge in [-0.3, -0.25) is 4.79 Å². The molecule has 0 radical (unpaired) electrons. The highest BCUT2D eigenvalue weighted by molar-refractivity contribution is 7.13.